The van der Waals surface area contributed by atoms with Crippen LogP contribution in [0.4, 0.5) is 13.2 Å². The Labute approximate surface area is 120 Å². The second-order valence-electron chi connectivity index (χ2n) is 4.02. The molecule has 1 aromatic heterocycles. The largest absolute Gasteiger partial charge is 0.454 e. The number of aromatic amines is 1. The zero-order chi connectivity index (χ0) is 15.0. The van der Waals surface area contributed by atoms with Gasteiger partial charge >= 0.3 is 6.18 Å². The number of nitrogens with one attached hydrogen (secondary N) is 1. The Balaban J connectivity index is 1.94. The molecule has 0 bridgehead atoms. The van der Waals surface area contributed by atoms with Crippen molar-refractivity contribution in [3.63, 3.8) is 0 Å². The Bertz CT molecular complexity index is 766. The highest BCUT2D eigenvalue weighted by atomic mass is 32.1. The lowest BCUT2D eigenvalue weighted by Gasteiger charge is -2.04. The molecule has 0 fully saturated rings. The van der Waals surface area contributed by atoms with E-state index in [0.717, 1.165) is 0 Å². The molecule has 21 heavy (non-hydrogen) atoms. The van der Waals surface area contributed by atoms with Crippen molar-refractivity contribution in [2.75, 3.05) is 6.79 Å². The molecule has 0 radical (unpaired) electrons. The molecule has 0 atom stereocenters. The molecule has 6 nitrogen and oxygen atoms in total. The summed E-state index contributed by atoms with van der Waals surface area (Å²) in [4.78, 5) is 0. The Hall–Kier alpha value is -2.36. The van der Waals surface area contributed by atoms with Crippen LogP contribution in [0.1, 0.15) is 11.4 Å². The van der Waals surface area contributed by atoms with Crippen molar-refractivity contribution in [3.8, 4) is 11.5 Å². The van der Waals surface area contributed by atoms with Crippen LogP contribution in [-0.2, 0) is 6.18 Å². The monoisotopic (exact) mass is 316 g/mol. The van der Waals surface area contributed by atoms with Gasteiger partial charge in [-0.05, 0) is 36.0 Å². The first kappa shape index (κ1) is 13.6. The van der Waals surface area contributed by atoms with Gasteiger partial charge in [-0.2, -0.15) is 22.9 Å². The van der Waals surface area contributed by atoms with E-state index >= 15 is 0 Å². The summed E-state index contributed by atoms with van der Waals surface area (Å²) >= 11 is 4.72. The molecule has 0 spiro atoms. The minimum absolute atomic E-state index is 0.112. The standard InChI is InChI=1S/C11H7F3N4O2S/c12-11(13,14)9-16-17-10(21)18(9)15-4-6-1-2-7-8(3-6)20-5-19-7/h1-4H,5H2,(H,17,21)/b15-4-. The number of fused-ring (bicyclic) bond motifs is 1. The van der Waals surface area contributed by atoms with E-state index in [-0.39, 0.29) is 11.6 Å². The predicted octanol–water partition coefficient (Wildman–Crippen LogP) is 2.57. The van der Waals surface area contributed by atoms with E-state index in [1.807, 2.05) is 0 Å². The van der Waals surface area contributed by atoms with Crippen LogP contribution in [0.15, 0.2) is 23.3 Å². The van der Waals surface area contributed by atoms with Crippen LogP contribution < -0.4 is 9.47 Å². The maximum absolute atomic E-state index is 12.7. The van der Waals surface area contributed by atoms with Gasteiger partial charge in [-0.3, -0.25) is 0 Å². The van der Waals surface area contributed by atoms with E-state index < -0.39 is 12.0 Å². The van der Waals surface area contributed by atoms with Crippen molar-refractivity contribution in [1.82, 2.24) is 14.9 Å². The summed E-state index contributed by atoms with van der Waals surface area (Å²) in [6.45, 7) is 0.112. The number of hydrogen-bond acceptors (Lipinski definition) is 5. The molecule has 1 aliphatic rings. The van der Waals surface area contributed by atoms with Crippen LogP contribution >= 0.6 is 12.2 Å². The number of ether oxygens (including phenoxy) is 2. The predicted molar refractivity (Wildman–Crippen MR) is 68.0 cm³/mol. The second-order valence-corrected chi connectivity index (χ2v) is 4.41. The van der Waals surface area contributed by atoms with E-state index in [9.17, 15) is 13.2 Å². The Morgan fingerprint density at radius 3 is 2.86 bits per heavy atom. The molecule has 10 heteroatoms. The van der Waals surface area contributed by atoms with E-state index in [1.165, 1.54) is 6.21 Å². The fourth-order valence-electron chi connectivity index (χ4n) is 1.70. The van der Waals surface area contributed by atoms with Crippen molar-refractivity contribution in [1.29, 1.82) is 0 Å². The zero-order valence-corrected chi connectivity index (χ0v) is 11.0. The molecule has 1 aromatic carbocycles. The third-order valence-electron chi connectivity index (χ3n) is 2.62. The van der Waals surface area contributed by atoms with Crippen LogP contribution in [-0.4, -0.2) is 27.9 Å². The molecular formula is C11H7F3N4O2S. The molecule has 3 rings (SSSR count). The van der Waals surface area contributed by atoms with Gasteiger partial charge < -0.3 is 9.47 Å². The number of benzene rings is 1. The minimum atomic E-state index is -4.65. The summed E-state index contributed by atoms with van der Waals surface area (Å²) in [6, 6.07) is 4.87. The van der Waals surface area contributed by atoms with Crippen molar-refractivity contribution < 1.29 is 22.6 Å². The highest BCUT2D eigenvalue weighted by molar-refractivity contribution is 7.71. The quantitative estimate of drug-likeness (QED) is 0.683. The minimum Gasteiger partial charge on any atom is -0.454 e. The molecule has 0 saturated heterocycles. The number of halogens is 3. The summed E-state index contributed by atoms with van der Waals surface area (Å²) in [5.41, 5.74) is 0.537. The molecule has 0 saturated carbocycles. The lowest BCUT2D eigenvalue weighted by atomic mass is 10.2. The van der Waals surface area contributed by atoms with E-state index in [2.05, 4.69) is 15.3 Å². The molecule has 0 unspecified atom stereocenters. The number of hydrogen-bond donors (Lipinski definition) is 1. The van der Waals surface area contributed by atoms with Gasteiger partial charge in [-0.25, -0.2) is 5.10 Å². The Kier molecular flexibility index (Phi) is 3.16. The van der Waals surface area contributed by atoms with Gasteiger partial charge in [-0.1, -0.05) is 0 Å². The highest BCUT2D eigenvalue weighted by Crippen LogP contribution is 2.32. The van der Waals surface area contributed by atoms with Gasteiger partial charge in [-0.15, -0.1) is 5.10 Å². The Morgan fingerprint density at radius 1 is 1.33 bits per heavy atom. The summed E-state index contributed by atoms with van der Waals surface area (Å²) in [6.07, 6.45) is -3.43. The first-order valence-electron chi connectivity index (χ1n) is 5.64. The van der Waals surface area contributed by atoms with Gasteiger partial charge in [0.2, 0.25) is 11.6 Å². The van der Waals surface area contributed by atoms with Crippen LogP contribution in [0.2, 0.25) is 0 Å². The fourth-order valence-corrected chi connectivity index (χ4v) is 1.88. The fraction of sp³-hybridized carbons (Fsp3) is 0.182. The zero-order valence-electron chi connectivity index (χ0n) is 10.2. The van der Waals surface area contributed by atoms with Gasteiger partial charge in [0.05, 0.1) is 6.21 Å². The summed E-state index contributed by atoms with van der Waals surface area (Å²) < 4.78 is 48.7. The average Bonchev–Trinajstić information content (AvgIpc) is 3.01. The van der Waals surface area contributed by atoms with Crippen LogP contribution in [0.5, 0.6) is 11.5 Å². The van der Waals surface area contributed by atoms with Crippen molar-refractivity contribution >= 4 is 18.4 Å². The first-order valence-corrected chi connectivity index (χ1v) is 6.04. The third kappa shape index (κ3) is 2.61. The van der Waals surface area contributed by atoms with Crippen molar-refractivity contribution in [3.05, 3.63) is 34.4 Å². The van der Waals surface area contributed by atoms with Crippen molar-refractivity contribution in [2.24, 2.45) is 5.10 Å². The molecule has 0 amide bonds. The number of rotatable bonds is 2. The maximum atomic E-state index is 12.7. The van der Waals surface area contributed by atoms with Crippen LogP contribution in [0.25, 0.3) is 0 Å². The molecule has 0 aliphatic carbocycles. The van der Waals surface area contributed by atoms with Crippen molar-refractivity contribution in [2.45, 2.75) is 6.18 Å². The summed E-state index contributed by atoms with van der Waals surface area (Å²) in [7, 11) is 0. The van der Waals surface area contributed by atoms with E-state index in [4.69, 9.17) is 21.7 Å². The molecular weight excluding hydrogens is 309 g/mol. The first-order chi connectivity index (χ1) is 9.95. The third-order valence-corrected chi connectivity index (χ3v) is 2.89. The summed E-state index contributed by atoms with van der Waals surface area (Å²) in [5, 5.41) is 8.88. The lowest BCUT2D eigenvalue weighted by Crippen LogP contribution is -2.12. The summed E-state index contributed by atoms with van der Waals surface area (Å²) in [5.74, 6) is -0.140. The number of aromatic nitrogens is 3. The molecule has 110 valence electrons. The molecule has 1 aliphatic heterocycles. The lowest BCUT2D eigenvalue weighted by molar-refractivity contribution is -0.147. The Morgan fingerprint density at radius 2 is 2.10 bits per heavy atom. The highest BCUT2D eigenvalue weighted by Gasteiger charge is 2.37. The van der Waals surface area contributed by atoms with Gasteiger partial charge in [0.15, 0.2) is 11.5 Å². The molecule has 2 aromatic rings. The topological polar surface area (TPSA) is 64.4 Å². The van der Waals surface area contributed by atoms with Gasteiger partial charge in [0.1, 0.15) is 0 Å². The SMILES string of the molecule is FC(F)(F)c1n[nH]c(=S)n1/N=C\c1ccc2c(c1)OCO2. The van der Waals surface area contributed by atoms with Gasteiger partial charge in [0, 0.05) is 0 Å². The average molecular weight is 316 g/mol. The molecule has 2 heterocycles. The van der Waals surface area contributed by atoms with Gasteiger partial charge in [0.25, 0.3) is 5.82 Å². The smallest absolute Gasteiger partial charge is 0.453 e. The van der Waals surface area contributed by atoms with E-state index in [1.54, 1.807) is 18.2 Å². The number of nitrogens with zero attached hydrogens (tertiary/aromatic N) is 3. The van der Waals surface area contributed by atoms with Crippen LogP contribution in [0, 0.1) is 4.77 Å². The second kappa shape index (κ2) is 4.88. The number of H-pyrrole nitrogens is 1. The number of alkyl halides is 3. The molecule has 1 N–H and O–H groups in total. The maximum Gasteiger partial charge on any atom is 0.453 e. The van der Waals surface area contributed by atoms with E-state index in [0.29, 0.717) is 21.7 Å². The van der Waals surface area contributed by atoms with Crippen LogP contribution in [0.3, 0.4) is 0 Å². The normalized spacial score (nSPS) is 14.0.